The maximum Gasteiger partial charge on any atom is 0.200 e. The van der Waals surface area contributed by atoms with Gasteiger partial charge in [-0.1, -0.05) is 53.5 Å². The lowest BCUT2D eigenvalue weighted by Crippen LogP contribution is -2.13. The van der Waals surface area contributed by atoms with Crippen LogP contribution in [-0.4, -0.2) is 9.97 Å². The van der Waals surface area contributed by atoms with E-state index in [9.17, 15) is 0 Å². The average molecular weight is 227 g/mol. The fraction of sp³-hybridized carbons (Fsp3) is 0.100. The molecule has 2 rings (SSSR count). The average Bonchev–Trinajstić information content (AvgIpc) is 2.72. The number of nitrogens with one attached hydrogen (secondary N) is 1. The molecule has 72 valence electrons. The van der Waals surface area contributed by atoms with Crippen molar-refractivity contribution >= 4 is 23.2 Å². The predicted octanol–water partition coefficient (Wildman–Crippen LogP) is 3.09. The van der Waals surface area contributed by atoms with Crippen molar-refractivity contribution < 1.29 is 0 Å². The normalized spacial score (nSPS) is 11.6. The van der Waals surface area contributed by atoms with E-state index in [-0.39, 0.29) is 0 Å². The zero-order chi connectivity index (χ0) is 10.0. The number of H-pyrrole nitrogens is 1. The van der Waals surface area contributed by atoms with Crippen LogP contribution in [0.25, 0.3) is 0 Å². The molecule has 0 bridgehead atoms. The van der Waals surface area contributed by atoms with Crippen molar-refractivity contribution in [3.8, 4) is 0 Å². The standard InChI is InChI=1S/C10H8Cl2N2/c11-10(12,9-13-6-7-14-9)8-4-2-1-3-5-8/h1-7H,(H,13,14). The molecule has 1 heterocycles. The SMILES string of the molecule is ClC(Cl)(c1ccccc1)c1ncc[nH]1. The van der Waals surface area contributed by atoms with Gasteiger partial charge >= 0.3 is 0 Å². The highest BCUT2D eigenvalue weighted by atomic mass is 35.5. The topological polar surface area (TPSA) is 28.7 Å². The molecule has 0 aliphatic carbocycles. The van der Waals surface area contributed by atoms with E-state index in [1.807, 2.05) is 30.3 Å². The number of hydrogen-bond donors (Lipinski definition) is 1. The third-order valence-electron chi connectivity index (χ3n) is 1.93. The third-order valence-corrected chi connectivity index (χ3v) is 2.73. The molecule has 0 fully saturated rings. The van der Waals surface area contributed by atoms with Gasteiger partial charge in [-0.25, -0.2) is 4.98 Å². The minimum atomic E-state index is -1.11. The van der Waals surface area contributed by atoms with Gasteiger partial charge in [0.15, 0.2) is 4.33 Å². The maximum absolute atomic E-state index is 6.20. The van der Waals surface area contributed by atoms with Crippen molar-refractivity contribution in [2.75, 3.05) is 0 Å². The summed E-state index contributed by atoms with van der Waals surface area (Å²) in [4.78, 5) is 6.95. The van der Waals surface area contributed by atoms with Gasteiger partial charge in [-0.15, -0.1) is 0 Å². The molecule has 0 aliphatic heterocycles. The number of nitrogens with zero attached hydrogens (tertiary/aromatic N) is 1. The molecule has 1 aromatic carbocycles. The molecule has 1 aromatic heterocycles. The highest BCUT2D eigenvalue weighted by Crippen LogP contribution is 2.38. The van der Waals surface area contributed by atoms with E-state index in [0.717, 1.165) is 5.56 Å². The molecule has 1 N–H and O–H groups in total. The summed E-state index contributed by atoms with van der Waals surface area (Å²) in [5.41, 5.74) is 0.804. The van der Waals surface area contributed by atoms with Crippen LogP contribution in [0.1, 0.15) is 11.4 Å². The van der Waals surface area contributed by atoms with Crippen molar-refractivity contribution in [1.82, 2.24) is 9.97 Å². The first kappa shape index (κ1) is 9.56. The fourth-order valence-electron chi connectivity index (χ4n) is 1.22. The molecule has 0 aliphatic rings. The first-order chi connectivity index (χ1) is 6.71. The lowest BCUT2D eigenvalue weighted by atomic mass is 10.1. The molecule has 2 nitrogen and oxygen atoms in total. The molecular formula is C10H8Cl2N2. The first-order valence-electron chi connectivity index (χ1n) is 4.14. The van der Waals surface area contributed by atoms with E-state index >= 15 is 0 Å². The molecular weight excluding hydrogens is 219 g/mol. The summed E-state index contributed by atoms with van der Waals surface area (Å²) in [6, 6.07) is 9.41. The Hall–Kier alpha value is -0.990. The number of halogens is 2. The highest BCUT2D eigenvalue weighted by Gasteiger charge is 2.31. The molecule has 0 amide bonds. The van der Waals surface area contributed by atoms with Crippen molar-refractivity contribution in [2.24, 2.45) is 0 Å². The molecule has 0 saturated heterocycles. The predicted molar refractivity (Wildman–Crippen MR) is 57.5 cm³/mol. The number of imidazole rings is 1. The van der Waals surface area contributed by atoms with Crippen LogP contribution in [0.2, 0.25) is 0 Å². The zero-order valence-electron chi connectivity index (χ0n) is 7.24. The number of alkyl halides is 2. The Morgan fingerprint density at radius 2 is 1.86 bits per heavy atom. The van der Waals surface area contributed by atoms with Crippen LogP contribution in [0, 0.1) is 0 Å². The lowest BCUT2D eigenvalue weighted by molar-refractivity contribution is 0.920. The van der Waals surface area contributed by atoms with Crippen LogP contribution in [0.15, 0.2) is 42.7 Å². The molecule has 14 heavy (non-hydrogen) atoms. The molecule has 0 unspecified atom stereocenters. The van der Waals surface area contributed by atoms with Crippen LogP contribution in [0.5, 0.6) is 0 Å². The van der Waals surface area contributed by atoms with Gasteiger partial charge in [-0.05, 0) is 5.56 Å². The monoisotopic (exact) mass is 226 g/mol. The van der Waals surface area contributed by atoms with Crippen molar-refractivity contribution in [2.45, 2.75) is 4.33 Å². The summed E-state index contributed by atoms with van der Waals surface area (Å²) >= 11 is 12.4. The minimum absolute atomic E-state index is 0.534. The van der Waals surface area contributed by atoms with Gasteiger partial charge in [-0.3, -0.25) is 0 Å². The van der Waals surface area contributed by atoms with Gasteiger partial charge in [0.1, 0.15) is 5.82 Å². The van der Waals surface area contributed by atoms with Gasteiger partial charge in [-0.2, -0.15) is 0 Å². The van der Waals surface area contributed by atoms with Crippen molar-refractivity contribution in [3.05, 3.63) is 54.1 Å². The summed E-state index contributed by atoms with van der Waals surface area (Å²) < 4.78 is -1.11. The summed E-state index contributed by atoms with van der Waals surface area (Å²) in [6.07, 6.45) is 3.32. The van der Waals surface area contributed by atoms with E-state index in [0.29, 0.717) is 5.82 Å². The second kappa shape index (κ2) is 3.64. The number of aromatic nitrogens is 2. The van der Waals surface area contributed by atoms with Gasteiger partial charge in [0, 0.05) is 12.4 Å². The minimum Gasteiger partial charge on any atom is -0.346 e. The Morgan fingerprint density at radius 1 is 1.14 bits per heavy atom. The largest absolute Gasteiger partial charge is 0.346 e. The fourth-order valence-corrected chi connectivity index (χ4v) is 1.68. The highest BCUT2D eigenvalue weighted by molar-refractivity contribution is 6.49. The summed E-state index contributed by atoms with van der Waals surface area (Å²) in [6.45, 7) is 0. The summed E-state index contributed by atoms with van der Waals surface area (Å²) in [7, 11) is 0. The summed E-state index contributed by atoms with van der Waals surface area (Å²) in [5, 5.41) is 0. The molecule has 0 radical (unpaired) electrons. The van der Waals surface area contributed by atoms with Crippen LogP contribution in [0.3, 0.4) is 0 Å². The maximum atomic E-state index is 6.20. The van der Waals surface area contributed by atoms with Crippen LogP contribution >= 0.6 is 23.2 Å². The first-order valence-corrected chi connectivity index (χ1v) is 4.90. The number of hydrogen-bond acceptors (Lipinski definition) is 1. The van der Waals surface area contributed by atoms with Crippen molar-refractivity contribution in [3.63, 3.8) is 0 Å². The van der Waals surface area contributed by atoms with E-state index in [1.165, 1.54) is 0 Å². The Kier molecular flexibility index (Phi) is 2.48. The number of rotatable bonds is 2. The van der Waals surface area contributed by atoms with Crippen LogP contribution in [-0.2, 0) is 4.33 Å². The molecule has 0 saturated carbocycles. The third kappa shape index (κ3) is 1.63. The lowest BCUT2D eigenvalue weighted by Gasteiger charge is -2.16. The van der Waals surface area contributed by atoms with Gasteiger partial charge in [0.05, 0.1) is 0 Å². The second-order valence-corrected chi connectivity index (χ2v) is 4.21. The Balaban J connectivity index is 2.43. The van der Waals surface area contributed by atoms with E-state index < -0.39 is 4.33 Å². The van der Waals surface area contributed by atoms with E-state index in [4.69, 9.17) is 23.2 Å². The van der Waals surface area contributed by atoms with Gasteiger partial charge in [0.2, 0.25) is 0 Å². The van der Waals surface area contributed by atoms with Crippen molar-refractivity contribution in [1.29, 1.82) is 0 Å². The van der Waals surface area contributed by atoms with Crippen LogP contribution < -0.4 is 0 Å². The molecule has 0 spiro atoms. The Bertz CT molecular complexity index is 395. The molecule has 2 aromatic rings. The Morgan fingerprint density at radius 3 is 2.43 bits per heavy atom. The number of benzene rings is 1. The van der Waals surface area contributed by atoms with E-state index in [2.05, 4.69) is 9.97 Å². The van der Waals surface area contributed by atoms with E-state index in [1.54, 1.807) is 12.4 Å². The molecule has 4 heteroatoms. The van der Waals surface area contributed by atoms with Gasteiger partial charge in [0.25, 0.3) is 0 Å². The number of aromatic amines is 1. The van der Waals surface area contributed by atoms with Crippen LogP contribution in [0.4, 0.5) is 0 Å². The zero-order valence-corrected chi connectivity index (χ0v) is 8.76. The van der Waals surface area contributed by atoms with Gasteiger partial charge < -0.3 is 4.98 Å². The quantitative estimate of drug-likeness (QED) is 0.784. The summed E-state index contributed by atoms with van der Waals surface area (Å²) in [5.74, 6) is 0.534. The molecule has 0 atom stereocenters. The smallest absolute Gasteiger partial charge is 0.200 e. The second-order valence-electron chi connectivity index (χ2n) is 2.88. The Labute approximate surface area is 91.9 Å².